The number of carbonyl (C=O) groups is 1. The molecular formula is C17H27ClO2. The van der Waals surface area contributed by atoms with E-state index in [1.54, 1.807) is 0 Å². The molecule has 0 amide bonds. The molecule has 3 heteroatoms. The van der Waals surface area contributed by atoms with Gasteiger partial charge in [-0.2, -0.15) is 0 Å². The highest BCUT2D eigenvalue weighted by Gasteiger charge is 2.50. The van der Waals surface area contributed by atoms with E-state index in [0.717, 1.165) is 37.0 Å². The van der Waals surface area contributed by atoms with Crippen LogP contribution in [0, 0.1) is 23.2 Å². The highest BCUT2D eigenvalue weighted by atomic mass is 35.5. The zero-order valence-electron chi connectivity index (χ0n) is 12.4. The Morgan fingerprint density at radius 1 is 1.05 bits per heavy atom. The first-order valence-electron chi connectivity index (χ1n) is 8.41. The molecule has 0 radical (unpaired) electrons. The predicted molar refractivity (Wildman–Crippen MR) is 80.8 cm³/mol. The van der Waals surface area contributed by atoms with E-state index in [-0.39, 0.29) is 5.97 Å². The molecule has 0 aliphatic heterocycles. The summed E-state index contributed by atoms with van der Waals surface area (Å²) in [6.45, 7) is 0.645. The summed E-state index contributed by atoms with van der Waals surface area (Å²) in [5.41, 5.74) is 0.533. The van der Waals surface area contributed by atoms with E-state index in [4.69, 9.17) is 16.3 Å². The maximum absolute atomic E-state index is 11.6. The minimum Gasteiger partial charge on any atom is -0.466 e. The van der Waals surface area contributed by atoms with E-state index in [2.05, 4.69) is 0 Å². The average molecular weight is 299 g/mol. The summed E-state index contributed by atoms with van der Waals surface area (Å²) < 4.78 is 5.45. The van der Waals surface area contributed by atoms with E-state index >= 15 is 0 Å². The van der Waals surface area contributed by atoms with E-state index < -0.39 is 0 Å². The molecule has 2 nitrogen and oxygen atoms in total. The van der Waals surface area contributed by atoms with E-state index in [0.29, 0.717) is 24.3 Å². The smallest absolute Gasteiger partial charge is 0.305 e. The van der Waals surface area contributed by atoms with Crippen molar-refractivity contribution in [1.82, 2.24) is 0 Å². The van der Waals surface area contributed by atoms with Crippen LogP contribution in [0.4, 0.5) is 0 Å². The van der Waals surface area contributed by atoms with Crippen molar-refractivity contribution in [2.45, 2.75) is 64.2 Å². The molecule has 4 aliphatic carbocycles. The Morgan fingerprint density at radius 2 is 1.65 bits per heavy atom. The summed E-state index contributed by atoms with van der Waals surface area (Å²) in [5.74, 6) is 3.57. The standard InChI is InChI=1S/C17H27ClO2/c18-5-2-1-3-16(19)20-6-4-17-10-13-7-14(11-17)9-15(8-13)12-17/h13-15H,1-12H2. The molecule has 4 saturated carbocycles. The fourth-order valence-corrected chi connectivity index (χ4v) is 5.60. The molecule has 4 rings (SSSR count). The number of hydrogen-bond acceptors (Lipinski definition) is 2. The van der Waals surface area contributed by atoms with Crippen LogP contribution in [0.5, 0.6) is 0 Å². The minimum atomic E-state index is -0.0279. The van der Waals surface area contributed by atoms with Gasteiger partial charge in [-0.1, -0.05) is 0 Å². The van der Waals surface area contributed by atoms with Gasteiger partial charge in [-0.15, -0.1) is 11.6 Å². The van der Waals surface area contributed by atoms with Crippen LogP contribution in [-0.4, -0.2) is 18.5 Å². The second kappa shape index (κ2) is 6.25. The van der Waals surface area contributed by atoms with Gasteiger partial charge in [0.1, 0.15) is 0 Å². The number of hydrogen-bond donors (Lipinski definition) is 0. The predicted octanol–water partition coefficient (Wildman–Crippen LogP) is 4.55. The SMILES string of the molecule is O=C(CCCCCl)OCCC12CC3CC(CC(C3)C1)C2. The molecule has 0 heterocycles. The molecule has 0 unspecified atom stereocenters. The van der Waals surface area contributed by atoms with Crippen molar-refractivity contribution in [2.75, 3.05) is 12.5 Å². The second-order valence-corrected chi connectivity index (χ2v) is 7.91. The average Bonchev–Trinajstić information content (AvgIpc) is 2.37. The largest absolute Gasteiger partial charge is 0.466 e. The van der Waals surface area contributed by atoms with Crippen molar-refractivity contribution in [3.63, 3.8) is 0 Å². The highest BCUT2D eigenvalue weighted by Crippen LogP contribution is 2.61. The molecule has 4 fully saturated rings. The number of halogens is 1. The lowest BCUT2D eigenvalue weighted by molar-refractivity contribution is -0.146. The van der Waals surface area contributed by atoms with Crippen molar-refractivity contribution >= 4 is 17.6 Å². The lowest BCUT2D eigenvalue weighted by Crippen LogP contribution is -2.46. The van der Waals surface area contributed by atoms with Crippen molar-refractivity contribution in [3.8, 4) is 0 Å². The number of esters is 1. The Hall–Kier alpha value is -0.240. The van der Waals surface area contributed by atoms with Crippen LogP contribution in [-0.2, 0) is 9.53 Å². The first kappa shape index (κ1) is 14.7. The van der Waals surface area contributed by atoms with Crippen molar-refractivity contribution in [1.29, 1.82) is 0 Å². The van der Waals surface area contributed by atoms with Crippen molar-refractivity contribution in [2.24, 2.45) is 23.2 Å². The van der Waals surface area contributed by atoms with Gasteiger partial charge in [0.2, 0.25) is 0 Å². The van der Waals surface area contributed by atoms with E-state index in [9.17, 15) is 4.79 Å². The summed E-state index contributed by atoms with van der Waals surface area (Å²) in [4.78, 5) is 11.6. The molecule has 4 aliphatic rings. The highest BCUT2D eigenvalue weighted by molar-refractivity contribution is 6.17. The molecule has 4 bridgehead atoms. The number of rotatable bonds is 7. The Kier molecular flexibility index (Phi) is 4.59. The fraction of sp³-hybridized carbons (Fsp3) is 0.941. The fourth-order valence-electron chi connectivity index (χ4n) is 5.41. The van der Waals surface area contributed by atoms with Gasteiger partial charge in [0.15, 0.2) is 0 Å². The first-order chi connectivity index (χ1) is 9.69. The molecule has 0 aromatic heterocycles. The molecule has 20 heavy (non-hydrogen) atoms. The summed E-state index contributed by atoms with van der Waals surface area (Å²) in [5, 5.41) is 0. The van der Waals surface area contributed by atoms with Crippen LogP contribution >= 0.6 is 11.6 Å². The third kappa shape index (κ3) is 3.32. The van der Waals surface area contributed by atoms with Gasteiger partial charge in [0, 0.05) is 12.3 Å². The van der Waals surface area contributed by atoms with Crippen LogP contribution in [0.25, 0.3) is 0 Å². The third-order valence-electron chi connectivity index (χ3n) is 5.83. The molecule has 114 valence electrons. The van der Waals surface area contributed by atoms with Crippen LogP contribution in [0.3, 0.4) is 0 Å². The van der Waals surface area contributed by atoms with Gasteiger partial charge in [-0.05, 0) is 81.0 Å². The van der Waals surface area contributed by atoms with Gasteiger partial charge in [-0.25, -0.2) is 0 Å². The first-order valence-corrected chi connectivity index (χ1v) is 8.94. The Labute approximate surface area is 127 Å². The van der Waals surface area contributed by atoms with E-state index in [1.807, 2.05) is 0 Å². The lowest BCUT2D eigenvalue weighted by Gasteiger charge is -2.57. The summed E-state index contributed by atoms with van der Waals surface area (Å²) in [7, 11) is 0. The quantitative estimate of drug-likeness (QED) is 0.392. The number of ether oxygens (including phenoxy) is 1. The minimum absolute atomic E-state index is 0.0279. The van der Waals surface area contributed by atoms with Gasteiger partial charge in [0.05, 0.1) is 6.61 Å². The maximum Gasteiger partial charge on any atom is 0.305 e. The van der Waals surface area contributed by atoms with Gasteiger partial charge < -0.3 is 4.74 Å². The van der Waals surface area contributed by atoms with Gasteiger partial charge in [0.25, 0.3) is 0 Å². The van der Waals surface area contributed by atoms with Gasteiger partial charge in [-0.3, -0.25) is 4.79 Å². The monoisotopic (exact) mass is 298 g/mol. The molecule has 0 saturated heterocycles. The number of carbonyl (C=O) groups excluding carboxylic acids is 1. The molecule has 0 aromatic carbocycles. The van der Waals surface area contributed by atoms with Crippen molar-refractivity contribution in [3.05, 3.63) is 0 Å². The summed E-state index contributed by atoms with van der Waals surface area (Å²) in [6, 6.07) is 0. The summed E-state index contributed by atoms with van der Waals surface area (Å²) in [6.07, 6.45) is 12.1. The number of unbranched alkanes of at least 4 members (excludes halogenated alkanes) is 1. The van der Waals surface area contributed by atoms with Crippen LogP contribution < -0.4 is 0 Å². The zero-order valence-corrected chi connectivity index (χ0v) is 13.2. The van der Waals surface area contributed by atoms with E-state index in [1.165, 1.54) is 38.5 Å². The Balaban J connectivity index is 1.41. The van der Waals surface area contributed by atoms with Gasteiger partial charge >= 0.3 is 5.97 Å². The number of alkyl halides is 1. The molecule has 0 N–H and O–H groups in total. The molecule has 0 aromatic rings. The lowest BCUT2D eigenvalue weighted by atomic mass is 9.49. The normalized spacial score (nSPS) is 38.1. The summed E-state index contributed by atoms with van der Waals surface area (Å²) >= 11 is 5.61. The third-order valence-corrected chi connectivity index (χ3v) is 6.09. The zero-order chi connectivity index (χ0) is 14.0. The van der Waals surface area contributed by atoms with Crippen molar-refractivity contribution < 1.29 is 9.53 Å². The molecule has 0 spiro atoms. The van der Waals surface area contributed by atoms with Crippen LogP contribution in [0.1, 0.15) is 64.2 Å². The van der Waals surface area contributed by atoms with Crippen LogP contribution in [0.15, 0.2) is 0 Å². The molecule has 0 atom stereocenters. The maximum atomic E-state index is 11.6. The Bertz CT molecular complexity index is 318. The second-order valence-electron chi connectivity index (χ2n) is 7.53. The Morgan fingerprint density at radius 3 is 2.20 bits per heavy atom. The van der Waals surface area contributed by atoms with Crippen LogP contribution in [0.2, 0.25) is 0 Å². The topological polar surface area (TPSA) is 26.3 Å². The molecular weight excluding hydrogens is 272 g/mol.